The largest absolute Gasteiger partial charge is 0.390 e. The predicted octanol–water partition coefficient (Wildman–Crippen LogP) is 3.09. The fraction of sp³-hybridized carbons (Fsp3) is 0.450. The fourth-order valence-electron chi connectivity index (χ4n) is 3.96. The number of H-pyrrole nitrogens is 1. The average molecular weight is 446 g/mol. The van der Waals surface area contributed by atoms with Gasteiger partial charge in [-0.3, -0.25) is 9.78 Å². The molecule has 0 bridgehead atoms. The predicted molar refractivity (Wildman–Crippen MR) is 113 cm³/mol. The number of aliphatic hydroxyl groups is 1. The molecular formula is C20H24BrN5O2. The molecule has 1 aliphatic rings. The van der Waals surface area contributed by atoms with Gasteiger partial charge in [0, 0.05) is 29.7 Å². The van der Waals surface area contributed by atoms with Crippen LogP contribution in [0.15, 0.2) is 27.6 Å². The van der Waals surface area contributed by atoms with Crippen LogP contribution in [-0.4, -0.2) is 43.5 Å². The Morgan fingerprint density at radius 3 is 2.57 bits per heavy atom. The number of hydrogen-bond acceptors (Lipinski definition) is 5. The summed E-state index contributed by atoms with van der Waals surface area (Å²) in [6, 6.07) is 4.05. The van der Waals surface area contributed by atoms with E-state index in [2.05, 4.69) is 31.0 Å². The zero-order valence-electron chi connectivity index (χ0n) is 16.5. The molecule has 0 amide bonds. The van der Waals surface area contributed by atoms with Crippen LogP contribution >= 0.6 is 15.9 Å². The Hall–Kier alpha value is -2.19. The van der Waals surface area contributed by atoms with E-state index in [-0.39, 0.29) is 11.5 Å². The first-order valence-electron chi connectivity index (χ1n) is 9.37. The van der Waals surface area contributed by atoms with Crippen molar-refractivity contribution in [1.29, 1.82) is 0 Å². The smallest absolute Gasteiger partial charge is 0.263 e. The first kappa shape index (κ1) is 19.1. The molecule has 8 heteroatoms. The van der Waals surface area contributed by atoms with Gasteiger partial charge in [-0.2, -0.15) is 4.98 Å². The molecule has 0 saturated carbocycles. The Morgan fingerprint density at radius 2 is 1.96 bits per heavy atom. The lowest BCUT2D eigenvalue weighted by atomic mass is 9.91. The minimum absolute atomic E-state index is 0.138. The molecule has 0 radical (unpaired) electrons. The SMILES string of the molecule is Cc1cc(Br)cc(C)c1-n1cc2c(=O)[nH]c(N3CCC(C(C)(C)O)C3)nc2n1. The van der Waals surface area contributed by atoms with Crippen LogP contribution in [0.3, 0.4) is 0 Å². The van der Waals surface area contributed by atoms with Gasteiger partial charge in [0.25, 0.3) is 5.56 Å². The third-order valence-corrected chi connectivity index (χ3v) is 6.01. The highest BCUT2D eigenvalue weighted by Gasteiger charge is 2.34. The highest BCUT2D eigenvalue weighted by atomic mass is 79.9. The summed E-state index contributed by atoms with van der Waals surface area (Å²) in [5.74, 6) is 0.651. The summed E-state index contributed by atoms with van der Waals surface area (Å²) < 4.78 is 2.74. The van der Waals surface area contributed by atoms with Crippen molar-refractivity contribution in [2.24, 2.45) is 5.92 Å². The van der Waals surface area contributed by atoms with Crippen LogP contribution in [-0.2, 0) is 0 Å². The van der Waals surface area contributed by atoms with E-state index in [9.17, 15) is 9.90 Å². The van der Waals surface area contributed by atoms with Gasteiger partial charge in [-0.15, -0.1) is 5.10 Å². The summed E-state index contributed by atoms with van der Waals surface area (Å²) >= 11 is 3.51. The average Bonchev–Trinajstić information content (AvgIpc) is 3.20. The first-order valence-corrected chi connectivity index (χ1v) is 10.2. The molecule has 1 aliphatic heterocycles. The van der Waals surface area contributed by atoms with Crippen molar-refractivity contribution in [3.63, 3.8) is 0 Å². The minimum atomic E-state index is -0.753. The zero-order chi connectivity index (χ0) is 20.2. The summed E-state index contributed by atoms with van der Waals surface area (Å²) in [4.78, 5) is 22.2. The van der Waals surface area contributed by atoms with E-state index in [4.69, 9.17) is 0 Å². The molecule has 1 fully saturated rings. The highest BCUT2D eigenvalue weighted by molar-refractivity contribution is 9.10. The number of aromatic amines is 1. The molecule has 1 saturated heterocycles. The summed E-state index contributed by atoms with van der Waals surface area (Å²) in [6.07, 6.45) is 2.59. The van der Waals surface area contributed by atoms with Gasteiger partial charge in [0.1, 0.15) is 5.39 Å². The summed E-state index contributed by atoms with van der Waals surface area (Å²) in [5.41, 5.74) is 2.54. The van der Waals surface area contributed by atoms with Crippen LogP contribution < -0.4 is 10.5 Å². The van der Waals surface area contributed by atoms with Crippen molar-refractivity contribution in [2.75, 3.05) is 18.0 Å². The maximum atomic E-state index is 12.7. The molecule has 0 spiro atoms. The summed E-state index contributed by atoms with van der Waals surface area (Å²) in [7, 11) is 0. The Labute approximate surface area is 171 Å². The second-order valence-electron chi connectivity index (χ2n) is 8.17. The maximum Gasteiger partial charge on any atom is 0.263 e. The topological polar surface area (TPSA) is 87.0 Å². The standard InChI is InChI=1S/C20H24BrN5O2/c1-11-7-14(21)8-12(2)16(11)26-10-15-17(24-26)22-19(23-18(15)27)25-6-5-13(9-25)20(3,4)28/h7-8,10,13,28H,5-6,9H2,1-4H3,(H,22,23,24,27). The van der Waals surface area contributed by atoms with Gasteiger partial charge < -0.3 is 10.0 Å². The van der Waals surface area contributed by atoms with Crippen molar-refractivity contribution >= 4 is 32.9 Å². The van der Waals surface area contributed by atoms with E-state index < -0.39 is 5.60 Å². The number of rotatable bonds is 3. The third-order valence-electron chi connectivity index (χ3n) is 5.55. The number of aryl methyl sites for hydroxylation is 2. The molecule has 1 aromatic carbocycles. The van der Waals surface area contributed by atoms with E-state index in [0.29, 0.717) is 23.5 Å². The maximum absolute atomic E-state index is 12.7. The Bertz CT molecular complexity index is 1090. The third kappa shape index (κ3) is 3.35. The van der Waals surface area contributed by atoms with E-state index in [1.54, 1.807) is 10.9 Å². The van der Waals surface area contributed by atoms with Crippen molar-refractivity contribution < 1.29 is 5.11 Å². The molecule has 1 unspecified atom stereocenters. The number of nitrogens with one attached hydrogen (secondary N) is 1. The Morgan fingerprint density at radius 1 is 1.29 bits per heavy atom. The molecule has 28 heavy (non-hydrogen) atoms. The van der Waals surface area contributed by atoms with Gasteiger partial charge in [0.2, 0.25) is 5.95 Å². The van der Waals surface area contributed by atoms with E-state index in [1.807, 2.05) is 44.7 Å². The summed E-state index contributed by atoms with van der Waals surface area (Å²) in [5, 5.41) is 15.3. The van der Waals surface area contributed by atoms with E-state index >= 15 is 0 Å². The number of aromatic nitrogens is 4. The van der Waals surface area contributed by atoms with Crippen LogP contribution in [0.25, 0.3) is 16.7 Å². The second kappa shape index (κ2) is 6.70. The number of halogens is 1. The van der Waals surface area contributed by atoms with Crippen LogP contribution in [0.1, 0.15) is 31.4 Å². The van der Waals surface area contributed by atoms with Gasteiger partial charge >= 0.3 is 0 Å². The molecule has 7 nitrogen and oxygen atoms in total. The van der Waals surface area contributed by atoms with Gasteiger partial charge in [-0.05, 0) is 57.4 Å². The zero-order valence-corrected chi connectivity index (χ0v) is 18.0. The van der Waals surface area contributed by atoms with Gasteiger partial charge in [0.05, 0.1) is 11.3 Å². The molecular weight excluding hydrogens is 422 g/mol. The lowest BCUT2D eigenvalue weighted by Gasteiger charge is -2.25. The number of anilines is 1. The van der Waals surface area contributed by atoms with Gasteiger partial charge in [-0.1, -0.05) is 15.9 Å². The molecule has 2 N–H and O–H groups in total. The minimum Gasteiger partial charge on any atom is -0.390 e. The van der Waals surface area contributed by atoms with Gasteiger partial charge in [0.15, 0.2) is 5.65 Å². The lowest BCUT2D eigenvalue weighted by Crippen LogP contribution is -2.34. The second-order valence-corrected chi connectivity index (χ2v) is 9.09. The monoisotopic (exact) mass is 445 g/mol. The molecule has 148 valence electrons. The molecule has 1 atom stereocenters. The van der Waals surface area contributed by atoms with E-state index in [1.165, 1.54) is 0 Å². The van der Waals surface area contributed by atoms with Crippen LogP contribution in [0.4, 0.5) is 5.95 Å². The van der Waals surface area contributed by atoms with E-state index in [0.717, 1.165) is 34.3 Å². The molecule has 3 heterocycles. The van der Waals surface area contributed by atoms with Gasteiger partial charge in [-0.25, -0.2) is 4.68 Å². The normalized spacial score (nSPS) is 17.6. The highest BCUT2D eigenvalue weighted by Crippen LogP contribution is 2.29. The number of nitrogens with zero attached hydrogens (tertiary/aromatic N) is 4. The molecule has 3 aromatic rings. The van der Waals surface area contributed by atoms with Crippen molar-refractivity contribution in [2.45, 2.75) is 39.7 Å². The van der Waals surface area contributed by atoms with Crippen LogP contribution in [0, 0.1) is 19.8 Å². The van der Waals surface area contributed by atoms with Crippen LogP contribution in [0.2, 0.25) is 0 Å². The van der Waals surface area contributed by atoms with Crippen LogP contribution in [0.5, 0.6) is 0 Å². The van der Waals surface area contributed by atoms with Crippen molar-refractivity contribution in [3.8, 4) is 5.69 Å². The Kier molecular flexibility index (Phi) is 4.58. The molecule has 2 aromatic heterocycles. The number of hydrogen-bond donors (Lipinski definition) is 2. The Balaban J connectivity index is 1.74. The lowest BCUT2D eigenvalue weighted by molar-refractivity contribution is 0.0263. The number of benzene rings is 1. The fourth-order valence-corrected chi connectivity index (χ4v) is 4.65. The molecule has 0 aliphatic carbocycles. The number of fused-ring (bicyclic) bond motifs is 1. The van der Waals surface area contributed by atoms with Crippen molar-refractivity contribution in [3.05, 3.63) is 44.3 Å². The van der Waals surface area contributed by atoms with Crippen molar-refractivity contribution in [1.82, 2.24) is 19.7 Å². The summed E-state index contributed by atoms with van der Waals surface area (Å²) in [6.45, 7) is 9.08. The first-order chi connectivity index (χ1) is 13.1. The molecule has 4 rings (SSSR count). The quantitative estimate of drug-likeness (QED) is 0.646.